The molecule has 0 bridgehead atoms. The highest BCUT2D eigenvalue weighted by Crippen LogP contribution is 2.27. The zero-order valence-corrected chi connectivity index (χ0v) is 15.5. The van der Waals surface area contributed by atoms with Gasteiger partial charge in [-0.2, -0.15) is 4.31 Å². The molecule has 1 fully saturated rings. The van der Waals surface area contributed by atoms with Crippen LogP contribution in [-0.4, -0.2) is 44.3 Å². The van der Waals surface area contributed by atoms with Gasteiger partial charge in [-0.1, -0.05) is 6.42 Å². The van der Waals surface area contributed by atoms with Gasteiger partial charge in [-0.3, -0.25) is 9.59 Å². The zero-order chi connectivity index (χ0) is 18.6. The Bertz CT molecular complexity index is 724. The molecule has 0 unspecified atom stereocenters. The number of benzene rings is 1. The maximum absolute atomic E-state index is 12.4. The molecule has 1 aromatic carbocycles. The highest BCUT2D eigenvalue weighted by Gasteiger charge is 2.27. The molecule has 1 aliphatic carbocycles. The van der Waals surface area contributed by atoms with Gasteiger partial charge in [0.15, 0.2) is 6.61 Å². The van der Waals surface area contributed by atoms with Crippen molar-refractivity contribution >= 4 is 27.6 Å². The Labute approximate surface area is 148 Å². The number of hydrogen-bond acceptors (Lipinski definition) is 5. The lowest BCUT2D eigenvalue weighted by molar-refractivity contribution is -0.154. The van der Waals surface area contributed by atoms with Gasteiger partial charge in [0.1, 0.15) is 0 Å². The van der Waals surface area contributed by atoms with E-state index in [1.807, 2.05) is 0 Å². The van der Waals surface area contributed by atoms with Gasteiger partial charge in [0, 0.05) is 18.8 Å². The highest BCUT2D eigenvalue weighted by molar-refractivity contribution is 7.89. The Kier molecular flexibility index (Phi) is 6.18. The van der Waals surface area contributed by atoms with Crippen molar-refractivity contribution in [3.05, 3.63) is 24.3 Å². The number of anilines is 1. The third-order valence-electron chi connectivity index (χ3n) is 4.33. The third-order valence-corrected chi connectivity index (χ3v) is 6.37. The molecule has 1 aromatic rings. The van der Waals surface area contributed by atoms with Crippen molar-refractivity contribution in [1.82, 2.24) is 4.31 Å². The maximum Gasteiger partial charge on any atom is 0.309 e. The minimum atomic E-state index is -3.56. The molecule has 0 heterocycles. The molecule has 0 saturated heterocycles. The van der Waals surface area contributed by atoms with Gasteiger partial charge in [0.2, 0.25) is 10.0 Å². The monoisotopic (exact) mass is 368 g/mol. The van der Waals surface area contributed by atoms with Crippen molar-refractivity contribution in [3.63, 3.8) is 0 Å². The van der Waals surface area contributed by atoms with E-state index in [-0.39, 0.29) is 29.4 Å². The number of rotatable bonds is 7. The molecule has 2 rings (SSSR count). The Hall–Kier alpha value is -1.93. The Morgan fingerprint density at radius 3 is 2.32 bits per heavy atom. The quantitative estimate of drug-likeness (QED) is 0.743. The maximum atomic E-state index is 12.4. The van der Waals surface area contributed by atoms with Gasteiger partial charge in [0.25, 0.3) is 5.91 Å². The summed E-state index contributed by atoms with van der Waals surface area (Å²) in [5.74, 6) is -0.864. The van der Waals surface area contributed by atoms with Gasteiger partial charge in [-0.15, -0.1) is 0 Å². The number of hydrogen-bond donors (Lipinski definition) is 1. The summed E-state index contributed by atoms with van der Waals surface area (Å²) in [6.07, 6.45) is 2.66. The number of carbonyl (C=O) groups is 2. The molecule has 1 N–H and O–H groups in total. The van der Waals surface area contributed by atoms with Gasteiger partial charge in [0.05, 0.1) is 10.8 Å². The number of sulfonamides is 1. The van der Waals surface area contributed by atoms with Crippen LogP contribution in [0.25, 0.3) is 0 Å². The standard InChI is InChI=1S/C17H24N2O5S/c1-12(2)19(3)25(22,23)15-9-7-14(8-10-15)18-16(20)11-24-17(21)13-5-4-6-13/h7-10,12-13H,4-6,11H2,1-3H3,(H,18,20). The second kappa shape index (κ2) is 7.97. The van der Waals surface area contributed by atoms with Crippen molar-refractivity contribution in [3.8, 4) is 0 Å². The predicted molar refractivity (Wildman–Crippen MR) is 93.5 cm³/mol. The fraction of sp³-hybridized carbons (Fsp3) is 0.529. The lowest BCUT2D eigenvalue weighted by Crippen LogP contribution is -2.33. The molecule has 0 aliphatic heterocycles. The topological polar surface area (TPSA) is 92.8 Å². The van der Waals surface area contributed by atoms with Crippen molar-refractivity contribution in [1.29, 1.82) is 0 Å². The summed E-state index contributed by atoms with van der Waals surface area (Å²) in [5.41, 5.74) is 0.441. The van der Waals surface area contributed by atoms with Crippen LogP contribution in [0, 0.1) is 5.92 Å². The zero-order valence-electron chi connectivity index (χ0n) is 14.7. The van der Waals surface area contributed by atoms with Crippen LogP contribution in [0.15, 0.2) is 29.2 Å². The highest BCUT2D eigenvalue weighted by atomic mass is 32.2. The first-order valence-corrected chi connectivity index (χ1v) is 9.70. The number of nitrogens with one attached hydrogen (secondary N) is 1. The van der Waals surface area contributed by atoms with Crippen molar-refractivity contribution in [2.24, 2.45) is 5.92 Å². The van der Waals surface area contributed by atoms with Crippen LogP contribution in [0.2, 0.25) is 0 Å². The van der Waals surface area contributed by atoms with E-state index in [0.29, 0.717) is 5.69 Å². The molecule has 8 heteroatoms. The van der Waals surface area contributed by atoms with E-state index in [1.54, 1.807) is 13.8 Å². The Morgan fingerprint density at radius 2 is 1.84 bits per heavy atom. The fourth-order valence-electron chi connectivity index (χ4n) is 2.25. The molecular weight excluding hydrogens is 344 g/mol. The molecule has 1 amide bonds. The first-order valence-electron chi connectivity index (χ1n) is 8.26. The van der Waals surface area contributed by atoms with Gasteiger partial charge in [-0.25, -0.2) is 8.42 Å². The van der Waals surface area contributed by atoms with Crippen molar-refractivity contribution in [2.75, 3.05) is 19.0 Å². The van der Waals surface area contributed by atoms with E-state index in [1.165, 1.54) is 35.6 Å². The first-order chi connectivity index (χ1) is 11.7. The lowest BCUT2D eigenvalue weighted by atomic mass is 9.86. The van der Waals surface area contributed by atoms with Crippen LogP contribution >= 0.6 is 0 Å². The summed E-state index contributed by atoms with van der Waals surface area (Å²) in [4.78, 5) is 23.5. The van der Waals surface area contributed by atoms with Crippen LogP contribution in [0.3, 0.4) is 0 Å². The molecule has 1 saturated carbocycles. The number of ether oxygens (including phenoxy) is 1. The summed E-state index contributed by atoms with van der Waals surface area (Å²) >= 11 is 0. The summed E-state index contributed by atoms with van der Waals surface area (Å²) in [6, 6.07) is 5.73. The number of esters is 1. The summed E-state index contributed by atoms with van der Waals surface area (Å²) in [5, 5.41) is 2.58. The molecule has 0 spiro atoms. The fourth-order valence-corrected chi connectivity index (χ4v) is 3.62. The van der Waals surface area contributed by atoms with Crippen molar-refractivity contribution in [2.45, 2.75) is 44.0 Å². The molecule has 1 aliphatic rings. The molecule has 25 heavy (non-hydrogen) atoms. The minimum absolute atomic E-state index is 0.0739. The van der Waals surface area contributed by atoms with E-state index in [9.17, 15) is 18.0 Å². The summed E-state index contributed by atoms with van der Waals surface area (Å²) in [6.45, 7) is 3.24. The van der Waals surface area contributed by atoms with E-state index in [4.69, 9.17) is 4.74 Å². The van der Waals surface area contributed by atoms with Crippen LogP contribution in [-0.2, 0) is 24.3 Å². The lowest BCUT2D eigenvalue weighted by Gasteiger charge is -2.22. The average Bonchev–Trinajstić information content (AvgIpc) is 2.51. The normalized spacial score (nSPS) is 15.1. The van der Waals surface area contributed by atoms with Crippen LogP contribution in [0.5, 0.6) is 0 Å². The number of carbonyl (C=O) groups excluding carboxylic acids is 2. The first kappa shape index (κ1) is 19.4. The summed E-state index contributed by atoms with van der Waals surface area (Å²) in [7, 11) is -2.04. The second-order valence-corrected chi connectivity index (χ2v) is 8.42. The van der Waals surface area contributed by atoms with E-state index in [0.717, 1.165) is 19.3 Å². The number of amides is 1. The van der Waals surface area contributed by atoms with Crippen molar-refractivity contribution < 1.29 is 22.7 Å². The largest absolute Gasteiger partial charge is 0.455 e. The second-order valence-electron chi connectivity index (χ2n) is 6.42. The predicted octanol–water partition coefficient (Wildman–Crippen LogP) is 2.00. The van der Waals surface area contributed by atoms with Crippen LogP contribution < -0.4 is 5.32 Å². The van der Waals surface area contributed by atoms with E-state index < -0.39 is 15.9 Å². The smallest absolute Gasteiger partial charge is 0.309 e. The van der Waals surface area contributed by atoms with E-state index in [2.05, 4.69) is 5.32 Å². The molecular formula is C17H24N2O5S. The Morgan fingerprint density at radius 1 is 1.24 bits per heavy atom. The van der Waals surface area contributed by atoms with Crippen LogP contribution in [0.4, 0.5) is 5.69 Å². The van der Waals surface area contributed by atoms with Gasteiger partial charge in [-0.05, 0) is 51.0 Å². The van der Waals surface area contributed by atoms with Crippen LogP contribution in [0.1, 0.15) is 33.1 Å². The van der Waals surface area contributed by atoms with E-state index >= 15 is 0 Å². The molecule has 0 radical (unpaired) electrons. The minimum Gasteiger partial charge on any atom is -0.455 e. The van der Waals surface area contributed by atoms with Gasteiger partial charge < -0.3 is 10.1 Å². The Balaban J connectivity index is 1.91. The number of nitrogens with zero attached hydrogens (tertiary/aromatic N) is 1. The summed E-state index contributed by atoms with van der Waals surface area (Å²) < 4.78 is 31.0. The molecule has 0 atom stereocenters. The molecule has 0 aromatic heterocycles. The molecule has 138 valence electrons. The SMILES string of the molecule is CC(C)N(C)S(=O)(=O)c1ccc(NC(=O)COC(=O)C2CCC2)cc1. The molecule has 7 nitrogen and oxygen atoms in total. The average molecular weight is 368 g/mol. The van der Waals surface area contributed by atoms with Gasteiger partial charge >= 0.3 is 5.97 Å². The third kappa shape index (κ3) is 4.79.